The Kier molecular flexibility index (Phi) is 2.44. The number of nitrogens with two attached hydrogens (primary N) is 1. The van der Waals surface area contributed by atoms with Crippen LogP contribution in [0, 0.1) is 19.3 Å². The van der Waals surface area contributed by atoms with Gasteiger partial charge in [-0.05, 0) is 26.0 Å². The van der Waals surface area contributed by atoms with E-state index in [4.69, 9.17) is 11.1 Å². The van der Waals surface area contributed by atoms with Crippen LogP contribution in [0.15, 0.2) is 24.3 Å². The number of rotatable bonds is 2. The normalized spacial score (nSPS) is 10.4. The van der Waals surface area contributed by atoms with Crippen LogP contribution in [0.4, 0.5) is 0 Å². The molecule has 82 valence electrons. The van der Waals surface area contributed by atoms with Gasteiger partial charge < -0.3 is 5.73 Å². The van der Waals surface area contributed by atoms with E-state index in [2.05, 4.69) is 10.1 Å². The van der Waals surface area contributed by atoms with Crippen molar-refractivity contribution in [3.8, 4) is 5.69 Å². The van der Waals surface area contributed by atoms with E-state index in [0.717, 1.165) is 11.5 Å². The second kappa shape index (κ2) is 3.77. The van der Waals surface area contributed by atoms with Crippen molar-refractivity contribution < 1.29 is 0 Å². The van der Waals surface area contributed by atoms with Crippen LogP contribution in [0.5, 0.6) is 0 Å². The summed E-state index contributed by atoms with van der Waals surface area (Å²) in [5.74, 6) is 1.52. The number of para-hydroxylation sites is 1. The fraction of sp³-hybridized carbons (Fsp3) is 0.182. The van der Waals surface area contributed by atoms with Crippen LogP contribution in [0.2, 0.25) is 0 Å². The molecular weight excluding hydrogens is 202 g/mol. The zero-order valence-corrected chi connectivity index (χ0v) is 9.23. The molecule has 0 fully saturated rings. The summed E-state index contributed by atoms with van der Waals surface area (Å²) in [4.78, 5) is 4.23. The third-order valence-electron chi connectivity index (χ3n) is 2.30. The summed E-state index contributed by atoms with van der Waals surface area (Å²) in [6.45, 7) is 3.71. The van der Waals surface area contributed by atoms with Crippen molar-refractivity contribution in [3.63, 3.8) is 0 Å². The fourth-order valence-corrected chi connectivity index (χ4v) is 1.64. The van der Waals surface area contributed by atoms with Crippen molar-refractivity contribution >= 4 is 5.84 Å². The summed E-state index contributed by atoms with van der Waals surface area (Å²) >= 11 is 0. The maximum Gasteiger partial charge on any atom is 0.148 e. The number of nitrogens with one attached hydrogen (secondary N) is 1. The lowest BCUT2D eigenvalue weighted by molar-refractivity contribution is 0.829. The van der Waals surface area contributed by atoms with Gasteiger partial charge in [0, 0.05) is 5.56 Å². The van der Waals surface area contributed by atoms with Crippen LogP contribution in [-0.2, 0) is 0 Å². The number of amidine groups is 1. The third-order valence-corrected chi connectivity index (χ3v) is 2.30. The Morgan fingerprint density at radius 1 is 1.31 bits per heavy atom. The molecule has 0 aliphatic heterocycles. The lowest BCUT2D eigenvalue weighted by atomic mass is 10.1. The standard InChI is InChI=1S/C11H13N5/c1-7-14-8(2)16(15-7)10-6-4-3-5-9(10)11(12)13/h3-6H,1-2H3,(H3,12,13). The molecule has 0 spiro atoms. The van der Waals surface area contributed by atoms with E-state index in [9.17, 15) is 0 Å². The van der Waals surface area contributed by atoms with Crippen molar-refractivity contribution in [1.29, 1.82) is 5.41 Å². The zero-order valence-electron chi connectivity index (χ0n) is 9.23. The quantitative estimate of drug-likeness (QED) is 0.582. The molecule has 0 saturated carbocycles. The van der Waals surface area contributed by atoms with Gasteiger partial charge in [0.25, 0.3) is 0 Å². The molecule has 0 bridgehead atoms. The second-order valence-electron chi connectivity index (χ2n) is 3.55. The number of aryl methyl sites for hydroxylation is 2. The van der Waals surface area contributed by atoms with Gasteiger partial charge in [-0.3, -0.25) is 5.41 Å². The Morgan fingerprint density at radius 3 is 2.56 bits per heavy atom. The minimum atomic E-state index is 0.0307. The molecule has 2 rings (SSSR count). The van der Waals surface area contributed by atoms with Crippen LogP contribution < -0.4 is 5.73 Å². The molecule has 0 amide bonds. The van der Waals surface area contributed by atoms with Crippen molar-refractivity contribution in [2.75, 3.05) is 0 Å². The topological polar surface area (TPSA) is 80.6 Å². The van der Waals surface area contributed by atoms with E-state index >= 15 is 0 Å². The third kappa shape index (κ3) is 1.67. The maximum atomic E-state index is 7.52. The minimum absolute atomic E-state index is 0.0307. The molecule has 1 aromatic heterocycles. The number of benzene rings is 1. The second-order valence-corrected chi connectivity index (χ2v) is 3.55. The van der Waals surface area contributed by atoms with Gasteiger partial charge in [-0.2, -0.15) is 5.10 Å². The lowest BCUT2D eigenvalue weighted by Gasteiger charge is -2.08. The largest absolute Gasteiger partial charge is 0.384 e. The van der Waals surface area contributed by atoms with Gasteiger partial charge in [0.15, 0.2) is 0 Å². The molecule has 0 saturated heterocycles. The Morgan fingerprint density at radius 2 is 2.00 bits per heavy atom. The van der Waals surface area contributed by atoms with E-state index in [0.29, 0.717) is 11.4 Å². The smallest absolute Gasteiger partial charge is 0.148 e. The molecular formula is C11H13N5. The highest BCUT2D eigenvalue weighted by Crippen LogP contribution is 2.14. The van der Waals surface area contributed by atoms with Gasteiger partial charge in [0.05, 0.1) is 5.69 Å². The number of nitrogen functional groups attached to an aromatic ring is 1. The first kappa shape index (κ1) is 10.4. The van der Waals surface area contributed by atoms with Crippen LogP contribution in [0.1, 0.15) is 17.2 Å². The molecule has 0 aliphatic rings. The van der Waals surface area contributed by atoms with E-state index in [1.807, 2.05) is 32.0 Å². The molecule has 0 unspecified atom stereocenters. The van der Waals surface area contributed by atoms with Crippen molar-refractivity contribution in [2.45, 2.75) is 13.8 Å². The molecule has 5 heteroatoms. The van der Waals surface area contributed by atoms with Crippen molar-refractivity contribution in [2.24, 2.45) is 5.73 Å². The first-order chi connectivity index (χ1) is 7.59. The van der Waals surface area contributed by atoms with Gasteiger partial charge in [-0.25, -0.2) is 9.67 Å². The number of hydrogen-bond donors (Lipinski definition) is 2. The summed E-state index contributed by atoms with van der Waals surface area (Å²) in [5.41, 5.74) is 6.98. The van der Waals surface area contributed by atoms with Gasteiger partial charge >= 0.3 is 0 Å². The minimum Gasteiger partial charge on any atom is -0.384 e. The summed E-state index contributed by atoms with van der Waals surface area (Å²) in [6.07, 6.45) is 0. The molecule has 0 radical (unpaired) electrons. The highest BCUT2D eigenvalue weighted by Gasteiger charge is 2.10. The SMILES string of the molecule is Cc1nc(C)n(-c2ccccc2C(=N)N)n1. The number of hydrogen-bond acceptors (Lipinski definition) is 3. The van der Waals surface area contributed by atoms with Gasteiger partial charge in [-0.15, -0.1) is 0 Å². The Bertz CT molecular complexity index is 541. The van der Waals surface area contributed by atoms with Crippen LogP contribution in [0.25, 0.3) is 5.69 Å². The molecule has 1 heterocycles. The fourth-order valence-electron chi connectivity index (χ4n) is 1.64. The summed E-state index contributed by atoms with van der Waals surface area (Å²) < 4.78 is 1.70. The number of nitrogens with zero attached hydrogens (tertiary/aromatic N) is 3. The average Bonchev–Trinajstić information content (AvgIpc) is 2.57. The first-order valence-corrected chi connectivity index (χ1v) is 4.93. The van der Waals surface area contributed by atoms with Gasteiger partial charge in [-0.1, -0.05) is 12.1 Å². The monoisotopic (exact) mass is 215 g/mol. The van der Waals surface area contributed by atoms with Crippen molar-refractivity contribution in [1.82, 2.24) is 14.8 Å². The summed E-state index contributed by atoms with van der Waals surface area (Å²) in [6, 6.07) is 7.41. The average molecular weight is 215 g/mol. The van der Waals surface area contributed by atoms with E-state index < -0.39 is 0 Å². The Labute approximate surface area is 93.4 Å². The Balaban J connectivity index is 2.64. The molecule has 1 aromatic carbocycles. The first-order valence-electron chi connectivity index (χ1n) is 4.93. The van der Waals surface area contributed by atoms with Gasteiger partial charge in [0.1, 0.15) is 17.5 Å². The lowest BCUT2D eigenvalue weighted by Crippen LogP contribution is -2.15. The predicted octanol–water partition coefficient (Wildman–Crippen LogP) is 1.17. The summed E-state index contributed by atoms with van der Waals surface area (Å²) in [7, 11) is 0. The van der Waals surface area contributed by atoms with E-state index in [1.165, 1.54) is 0 Å². The van der Waals surface area contributed by atoms with E-state index in [-0.39, 0.29) is 5.84 Å². The Hall–Kier alpha value is -2.17. The molecule has 3 N–H and O–H groups in total. The van der Waals surface area contributed by atoms with E-state index in [1.54, 1.807) is 10.7 Å². The molecule has 5 nitrogen and oxygen atoms in total. The van der Waals surface area contributed by atoms with Crippen LogP contribution in [0.3, 0.4) is 0 Å². The molecule has 0 aliphatic carbocycles. The maximum absolute atomic E-state index is 7.52. The molecule has 0 atom stereocenters. The zero-order chi connectivity index (χ0) is 11.7. The highest BCUT2D eigenvalue weighted by atomic mass is 15.3. The van der Waals surface area contributed by atoms with Gasteiger partial charge in [0.2, 0.25) is 0 Å². The highest BCUT2D eigenvalue weighted by molar-refractivity contribution is 5.98. The predicted molar refractivity (Wildman–Crippen MR) is 61.8 cm³/mol. The summed E-state index contributed by atoms with van der Waals surface area (Å²) in [5, 5.41) is 11.8. The van der Waals surface area contributed by atoms with Crippen LogP contribution >= 0.6 is 0 Å². The molecule has 16 heavy (non-hydrogen) atoms. The molecule has 2 aromatic rings. The van der Waals surface area contributed by atoms with Crippen molar-refractivity contribution in [3.05, 3.63) is 41.5 Å². The van der Waals surface area contributed by atoms with Crippen LogP contribution in [-0.4, -0.2) is 20.6 Å². The number of aromatic nitrogens is 3.